The SMILES string of the molecule is CC1CCN(CCN(C)C)C(CO)CN1C. The molecule has 1 fully saturated rings. The lowest BCUT2D eigenvalue weighted by Crippen LogP contribution is -2.45. The van der Waals surface area contributed by atoms with Crippen LogP contribution in [0.25, 0.3) is 0 Å². The highest BCUT2D eigenvalue weighted by Crippen LogP contribution is 2.13. The van der Waals surface area contributed by atoms with E-state index in [4.69, 9.17) is 0 Å². The van der Waals surface area contributed by atoms with Crippen molar-refractivity contribution in [3.63, 3.8) is 0 Å². The molecule has 0 radical (unpaired) electrons. The van der Waals surface area contributed by atoms with Gasteiger partial charge in [-0.1, -0.05) is 0 Å². The zero-order chi connectivity index (χ0) is 12.1. The van der Waals surface area contributed by atoms with Gasteiger partial charge in [0.25, 0.3) is 0 Å². The van der Waals surface area contributed by atoms with E-state index >= 15 is 0 Å². The minimum Gasteiger partial charge on any atom is -0.395 e. The molecular formula is C12H27N3O. The Labute approximate surface area is 99.8 Å². The Kier molecular flexibility index (Phi) is 5.69. The Bertz CT molecular complexity index is 197. The first-order valence-corrected chi connectivity index (χ1v) is 6.24. The minimum absolute atomic E-state index is 0.268. The fraction of sp³-hybridized carbons (Fsp3) is 1.00. The van der Waals surface area contributed by atoms with Crippen molar-refractivity contribution in [1.82, 2.24) is 14.7 Å². The highest BCUT2D eigenvalue weighted by molar-refractivity contribution is 4.82. The van der Waals surface area contributed by atoms with Gasteiger partial charge < -0.3 is 14.9 Å². The van der Waals surface area contributed by atoms with Crippen LogP contribution in [0.2, 0.25) is 0 Å². The molecule has 96 valence electrons. The first-order valence-electron chi connectivity index (χ1n) is 6.24. The summed E-state index contributed by atoms with van der Waals surface area (Å²) in [6.45, 7) is 6.73. The molecule has 1 heterocycles. The average molecular weight is 229 g/mol. The summed E-state index contributed by atoms with van der Waals surface area (Å²) >= 11 is 0. The quantitative estimate of drug-likeness (QED) is 0.731. The van der Waals surface area contributed by atoms with Crippen molar-refractivity contribution in [1.29, 1.82) is 0 Å². The molecule has 1 rings (SSSR count). The lowest BCUT2D eigenvalue weighted by Gasteiger charge is -2.30. The van der Waals surface area contributed by atoms with Crippen LogP contribution in [0.5, 0.6) is 0 Å². The number of hydrogen-bond acceptors (Lipinski definition) is 4. The highest BCUT2D eigenvalue weighted by atomic mass is 16.3. The van der Waals surface area contributed by atoms with Gasteiger partial charge in [0.05, 0.1) is 6.61 Å². The first kappa shape index (κ1) is 13.9. The lowest BCUT2D eigenvalue weighted by molar-refractivity contribution is 0.108. The van der Waals surface area contributed by atoms with Crippen molar-refractivity contribution in [3.05, 3.63) is 0 Å². The molecular weight excluding hydrogens is 202 g/mol. The van der Waals surface area contributed by atoms with E-state index in [-0.39, 0.29) is 6.61 Å². The molecule has 2 unspecified atom stereocenters. The van der Waals surface area contributed by atoms with Gasteiger partial charge in [0.15, 0.2) is 0 Å². The summed E-state index contributed by atoms with van der Waals surface area (Å²) < 4.78 is 0. The molecule has 4 heteroatoms. The van der Waals surface area contributed by atoms with Crippen LogP contribution in [0.1, 0.15) is 13.3 Å². The van der Waals surface area contributed by atoms with E-state index < -0.39 is 0 Å². The molecule has 2 atom stereocenters. The van der Waals surface area contributed by atoms with E-state index in [0.29, 0.717) is 12.1 Å². The molecule has 0 aliphatic carbocycles. The molecule has 0 saturated carbocycles. The first-order chi connectivity index (χ1) is 7.54. The maximum atomic E-state index is 9.47. The van der Waals surface area contributed by atoms with Crippen LogP contribution < -0.4 is 0 Å². The third-order valence-electron chi connectivity index (χ3n) is 3.65. The Morgan fingerprint density at radius 2 is 2.06 bits per heavy atom. The van der Waals surface area contributed by atoms with Gasteiger partial charge in [0, 0.05) is 38.3 Å². The van der Waals surface area contributed by atoms with Crippen molar-refractivity contribution in [3.8, 4) is 0 Å². The Hall–Kier alpha value is -0.160. The van der Waals surface area contributed by atoms with Gasteiger partial charge in [-0.25, -0.2) is 0 Å². The molecule has 0 aromatic heterocycles. The standard InChI is InChI=1S/C12H27N3O/c1-11-5-6-15(8-7-13(2)3)12(10-16)9-14(11)4/h11-12,16H,5-10H2,1-4H3. The van der Waals surface area contributed by atoms with Gasteiger partial charge in [-0.3, -0.25) is 4.90 Å². The second kappa shape index (κ2) is 6.55. The van der Waals surface area contributed by atoms with Crippen LogP contribution in [0.3, 0.4) is 0 Å². The molecule has 0 amide bonds. The van der Waals surface area contributed by atoms with Crippen molar-refractivity contribution < 1.29 is 5.11 Å². The predicted octanol–water partition coefficient (Wildman–Crippen LogP) is -0.0651. The number of nitrogens with zero attached hydrogens (tertiary/aromatic N) is 3. The summed E-state index contributed by atoms with van der Waals surface area (Å²) in [5.41, 5.74) is 0. The monoisotopic (exact) mass is 229 g/mol. The molecule has 1 N–H and O–H groups in total. The topological polar surface area (TPSA) is 30.0 Å². The fourth-order valence-electron chi connectivity index (χ4n) is 2.18. The number of aliphatic hydroxyl groups excluding tert-OH is 1. The molecule has 0 aromatic rings. The summed E-state index contributed by atoms with van der Waals surface area (Å²) in [6.07, 6.45) is 1.19. The predicted molar refractivity (Wildman–Crippen MR) is 67.7 cm³/mol. The van der Waals surface area contributed by atoms with Crippen LogP contribution in [0.4, 0.5) is 0 Å². The largest absolute Gasteiger partial charge is 0.395 e. The van der Waals surface area contributed by atoms with Crippen LogP contribution in [-0.4, -0.2) is 85.8 Å². The van der Waals surface area contributed by atoms with Gasteiger partial charge >= 0.3 is 0 Å². The summed E-state index contributed by atoms with van der Waals surface area (Å²) in [5, 5.41) is 9.47. The van der Waals surface area contributed by atoms with Gasteiger partial charge in [-0.15, -0.1) is 0 Å². The van der Waals surface area contributed by atoms with E-state index in [0.717, 1.165) is 26.2 Å². The molecule has 4 nitrogen and oxygen atoms in total. The van der Waals surface area contributed by atoms with Gasteiger partial charge in [-0.05, 0) is 34.5 Å². The number of likely N-dealkylation sites (N-methyl/N-ethyl adjacent to an activating group) is 2. The smallest absolute Gasteiger partial charge is 0.0599 e. The second-order valence-electron chi connectivity index (χ2n) is 5.25. The van der Waals surface area contributed by atoms with Crippen LogP contribution >= 0.6 is 0 Å². The van der Waals surface area contributed by atoms with E-state index in [1.54, 1.807) is 0 Å². The molecule has 0 bridgehead atoms. The summed E-state index contributed by atoms with van der Waals surface area (Å²) in [6, 6.07) is 0.924. The number of rotatable bonds is 4. The van der Waals surface area contributed by atoms with E-state index in [1.807, 2.05) is 0 Å². The Morgan fingerprint density at radius 1 is 1.38 bits per heavy atom. The molecule has 16 heavy (non-hydrogen) atoms. The van der Waals surface area contributed by atoms with Gasteiger partial charge in [-0.2, -0.15) is 0 Å². The average Bonchev–Trinajstić information content (AvgIpc) is 2.37. The summed E-state index contributed by atoms with van der Waals surface area (Å²) in [4.78, 5) is 6.99. The molecule has 0 aromatic carbocycles. The minimum atomic E-state index is 0.268. The zero-order valence-electron chi connectivity index (χ0n) is 11.2. The van der Waals surface area contributed by atoms with Crippen molar-refractivity contribution in [2.75, 3.05) is 53.9 Å². The zero-order valence-corrected chi connectivity index (χ0v) is 11.2. The van der Waals surface area contributed by atoms with E-state index in [2.05, 4.69) is 42.8 Å². The Morgan fingerprint density at radius 3 is 2.62 bits per heavy atom. The normalized spacial score (nSPS) is 29.6. The maximum Gasteiger partial charge on any atom is 0.0599 e. The molecule has 1 saturated heterocycles. The van der Waals surface area contributed by atoms with Crippen molar-refractivity contribution >= 4 is 0 Å². The van der Waals surface area contributed by atoms with Crippen molar-refractivity contribution in [2.24, 2.45) is 0 Å². The molecule has 1 aliphatic heterocycles. The molecule has 0 spiro atoms. The molecule has 1 aliphatic rings. The lowest BCUT2D eigenvalue weighted by atomic mass is 10.2. The van der Waals surface area contributed by atoms with E-state index in [1.165, 1.54) is 6.42 Å². The number of aliphatic hydroxyl groups is 1. The summed E-state index contributed by atoms with van der Waals surface area (Å²) in [7, 11) is 6.35. The fourth-order valence-corrected chi connectivity index (χ4v) is 2.18. The van der Waals surface area contributed by atoms with Crippen LogP contribution in [0.15, 0.2) is 0 Å². The van der Waals surface area contributed by atoms with Crippen LogP contribution in [-0.2, 0) is 0 Å². The third kappa shape index (κ3) is 4.01. The highest BCUT2D eigenvalue weighted by Gasteiger charge is 2.25. The van der Waals surface area contributed by atoms with Gasteiger partial charge in [0.1, 0.15) is 0 Å². The third-order valence-corrected chi connectivity index (χ3v) is 3.65. The second-order valence-corrected chi connectivity index (χ2v) is 5.25. The van der Waals surface area contributed by atoms with E-state index in [9.17, 15) is 5.11 Å². The summed E-state index contributed by atoms with van der Waals surface area (Å²) in [5.74, 6) is 0. The number of hydrogen-bond donors (Lipinski definition) is 1. The van der Waals surface area contributed by atoms with Gasteiger partial charge in [0.2, 0.25) is 0 Å². The van der Waals surface area contributed by atoms with Crippen molar-refractivity contribution in [2.45, 2.75) is 25.4 Å². The van der Waals surface area contributed by atoms with Crippen LogP contribution in [0, 0.1) is 0 Å². The Balaban J connectivity index is 2.52. The maximum absolute atomic E-state index is 9.47.